The minimum atomic E-state index is -1.00. The molecule has 0 radical (unpaired) electrons. The van der Waals surface area contributed by atoms with E-state index in [1.165, 1.54) is 12.3 Å². The highest BCUT2D eigenvalue weighted by Gasteiger charge is 2.11. The van der Waals surface area contributed by atoms with Crippen LogP contribution in [0.4, 0.5) is 5.82 Å². The second-order valence-corrected chi connectivity index (χ2v) is 3.74. The van der Waals surface area contributed by atoms with Crippen molar-refractivity contribution in [3.05, 3.63) is 22.3 Å². The summed E-state index contributed by atoms with van der Waals surface area (Å²) in [6, 6.07) is 1.48. The topological polar surface area (TPSA) is 53.4 Å². The number of terminal acetylenes is 1. The van der Waals surface area contributed by atoms with Gasteiger partial charge in [0.05, 0.1) is 16.6 Å². The van der Waals surface area contributed by atoms with Crippen LogP contribution in [0.2, 0.25) is 0 Å². The molecule has 1 heterocycles. The summed E-state index contributed by atoms with van der Waals surface area (Å²) in [6.45, 7) is 0.383. The number of carbonyl (C=O) groups is 1. The summed E-state index contributed by atoms with van der Waals surface area (Å²) in [5.74, 6) is 1.99. The third-order valence-corrected chi connectivity index (χ3v) is 2.42. The lowest BCUT2D eigenvalue weighted by Gasteiger charge is -2.15. The predicted octanol–water partition coefficient (Wildman–Crippen LogP) is 1.61. The number of hydrogen-bond donors (Lipinski definition) is 1. The van der Waals surface area contributed by atoms with Crippen molar-refractivity contribution in [2.24, 2.45) is 0 Å². The summed E-state index contributed by atoms with van der Waals surface area (Å²) >= 11 is 3.12. The van der Waals surface area contributed by atoms with E-state index in [0.717, 1.165) is 0 Å². The summed E-state index contributed by atoms with van der Waals surface area (Å²) in [5.41, 5.74) is 0.170. The molecular formula is C10H9BrN2O2. The molecule has 0 unspecified atom stereocenters. The number of carboxylic acids is 1. The van der Waals surface area contributed by atoms with Gasteiger partial charge in [0.25, 0.3) is 0 Å². The highest BCUT2D eigenvalue weighted by atomic mass is 79.9. The summed E-state index contributed by atoms with van der Waals surface area (Å²) in [4.78, 5) is 16.6. The highest BCUT2D eigenvalue weighted by molar-refractivity contribution is 9.10. The Labute approximate surface area is 96.1 Å². The van der Waals surface area contributed by atoms with E-state index in [1.54, 1.807) is 11.9 Å². The fraction of sp³-hybridized carbons (Fsp3) is 0.200. The van der Waals surface area contributed by atoms with E-state index in [1.807, 2.05) is 0 Å². The van der Waals surface area contributed by atoms with Crippen molar-refractivity contribution in [3.8, 4) is 12.3 Å². The van der Waals surface area contributed by atoms with Crippen LogP contribution in [0.1, 0.15) is 10.4 Å². The van der Waals surface area contributed by atoms with Crippen LogP contribution in [0.25, 0.3) is 0 Å². The van der Waals surface area contributed by atoms with Gasteiger partial charge in [-0.3, -0.25) is 0 Å². The normalized spacial score (nSPS) is 9.40. The Morgan fingerprint density at radius 2 is 2.47 bits per heavy atom. The second kappa shape index (κ2) is 4.80. The van der Waals surface area contributed by atoms with E-state index in [0.29, 0.717) is 16.8 Å². The Morgan fingerprint density at radius 3 is 3.00 bits per heavy atom. The van der Waals surface area contributed by atoms with Crippen LogP contribution in [-0.4, -0.2) is 29.7 Å². The van der Waals surface area contributed by atoms with Gasteiger partial charge in [-0.05, 0) is 22.0 Å². The second-order valence-electron chi connectivity index (χ2n) is 2.89. The van der Waals surface area contributed by atoms with Crippen molar-refractivity contribution < 1.29 is 9.90 Å². The van der Waals surface area contributed by atoms with Crippen LogP contribution in [0.3, 0.4) is 0 Å². The van der Waals surface area contributed by atoms with Gasteiger partial charge in [-0.2, -0.15) is 0 Å². The number of rotatable bonds is 3. The first-order valence-corrected chi connectivity index (χ1v) is 4.89. The third-order valence-electron chi connectivity index (χ3n) is 1.79. The lowest BCUT2D eigenvalue weighted by molar-refractivity contribution is 0.0696. The minimum Gasteiger partial charge on any atom is -0.478 e. The zero-order valence-electron chi connectivity index (χ0n) is 8.07. The molecule has 0 saturated carbocycles. The fourth-order valence-electron chi connectivity index (χ4n) is 1.02. The van der Waals surface area contributed by atoms with Gasteiger partial charge in [-0.25, -0.2) is 9.78 Å². The summed E-state index contributed by atoms with van der Waals surface area (Å²) in [6.07, 6.45) is 6.60. The number of halogens is 1. The molecule has 0 amide bonds. The smallest absolute Gasteiger partial charge is 0.337 e. The van der Waals surface area contributed by atoms with Gasteiger partial charge in [-0.1, -0.05) is 5.92 Å². The van der Waals surface area contributed by atoms with E-state index in [4.69, 9.17) is 11.5 Å². The van der Waals surface area contributed by atoms with E-state index in [-0.39, 0.29) is 5.56 Å². The van der Waals surface area contributed by atoms with E-state index >= 15 is 0 Å². The monoisotopic (exact) mass is 268 g/mol. The van der Waals surface area contributed by atoms with Crippen LogP contribution >= 0.6 is 15.9 Å². The van der Waals surface area contributed by atoms with Gasteiger partial charge in [0.2, 0.25) is 0 Å². The molecule has 0 aliphatic rings. The molecule has 1 aromatic heterocycles. The number of aromatic carboxylic acids is 1. The molecule has 0 aromatic carbocycles. The Bertz CT molecular complexity index is 426. The Kier molecular flexibility index (Phi) is 3.69. The highest BCUT2D eigenvalue weighted by Crippen LogP contribution is 2.20. The van der Waals surface area contributed by atoms with Gasteiger partial charge < -0.3 is 10.0 Å². The molecule has 5 heteroatoms. The summed E-state index contributed by atoms with van der Waals surface area (Å²) in [5, 5.41) is 8.89. The maximum atomic E-state index is 10.8. The molecule has 1 rings (SSSR count). The number of anilines is 1. The first kappa shape index (κ1) is 11.5. The molecular weight excluding hydrogens is 260 g/mol. The molecule has 0 spiro atoms. The minimum absolute atomic E-state index is 0.170. The van der Waals surface area contributed by atoms with Gasteiger partial charge in [0, 0.05) is 13.2 Å². The molecule has 0 fully saturated rings. The van der Waals surface area contributed by atoms with Crippen molar-refractivity contribution in [2.75, 3.05) is 18.5 Å². The Hall–Kier alpha value is -1.54. The number of carboxylic acid groups (broad SMARTS) is 1. The number of nitrogens with zero attached hydrogens (tertiary/aromatic N) is 2. The lowest BCUT2D eigenvalue weighted by atomic mass is 10.2. The molecule has 1 aromatic rings. The quantitative estimate of drug-likeness (QED) is 0.847. The van der Waals surface area contributed by atoms with E-state index in [2.05, 4.69) is 26.8 Å². The Morgan fingerprint density at radius 1 is 1.80 bits per heavy atom. The number of hydrogen-bond acceptors (Lipinski definition) is 3. The fourth-order valence-corrected chi connectivity index (χ4v) is 1.40. The number of pyridine rings is 1. The van der Waals surface area contributed by atoms with Crippen LogP contribution < -0.4 is 4.90 Å². The van der Waals surface area contributed by atoms with Gasteiger partial charge >= 0.3 is 5.97 Å². The molecule has 0 saturated heterocycles. The molecule has 0 aliphatic carbocycles. The standard InChI is InChI=1S/C10H9BrN2O2/c1-3-4-13(2)9-5-7(10(14)15)8(11)6-12-9/h1,5-6H,4H2,2H3,(H,14,15). The van der Waals surface area contributed by atoms with Crippen molar-refractivity contribution >= 4 is 27.7 Å². The van der Waals surface area contributed by atoms with Crippen LogP contribution in [-0.2, 0) is 0 Å². The molecule has 0 aliphatic heterocycles. The van der Waals surface area contributed by atoms with E-state index < -0.39 is 5.97 Å². The molecule has 78 valence electrons. The van der Waals surface area contributed by atoms with Crippen molar-refractivity contribution in [2.45, 2.75) is 0 Å². The largest absolute Gasteiger partial charge is 0.478 e. The Balaban J connectivity index is 3.08. The maximum absolute atomic E-state index is 10.8. The maximum Gasteiger partial charge on any atom is 0.337 e. The van der Waals surface area contributed by atoms with Crippen LogP contribution in [0.5, 0.6) is 0 Å². The third kappa shape index (κ3) is 2.70. The molecule has 0 atom stereocenters. The van der Waals surface area contributed by atoms with Gasteiger partial charge in [-0.15, -0.1) is 6.42 Å². The summed E-state index contributed by atoms with van der Waals surface area (Å²) in [7, 11) is 1.75. The first-order valence-electron chi connectivity index (χ1n) is 4.09. The molecule has 15 heavy (non-hydrogen) atoms. The van der Waals surface area contributed by atoms with Crippen molar-refractivity contribution in [1.29, 1.82) is 0 Å². The van der Waals surface area contributed by atoms with Crippen LogP contribution in [0.15, 0.2) is 16.7 Å². The first-order chi connectivity index (χ1) is 7.06. The zero-order valence-corrected chi connectivity index (χ0v) is 9.65. The van der Waals surface area contributed by atoms with Crippen LogP contribution in [0, 0.1) is 12.3 Å². The van der Waals surface area contributed by atoms with Gasteiger partial charge in [0.1, 0.15) is 5.82 Å². The summed E-state index contributed by atoms with van der Waals surface area (Å²) < 4.78 is 0.452. The SMILES string of the molecule is C#CCN(C)c1cc(C(=O)O)c(Br)cn1. The van der Waals surface area contributed by atoms with Gasteiger partial charge in [0.15, 0.2) is 0 Å². The van der Waals surface area contributed by atoms with Crippen molar-refractivity contribution in [3.63, 3.8) is 0 Å². The van der Waals surface area contributed by atoms with E-state index in [9.17, 15) is 4.79 Å². The predicted molar refractivity (Wildman–Crippen MR) is 61.0 cm³/mol. The average Bonchev–Trinajstić information content (AvgIpc) is 2.18. The van der Waals surface area contributed by atoms with Crippen molar-refractivity contribution in [1.82, 2.24) is 4.98 Å². The number of aromatic nitrogens is 1. The molecule has 4 nitrogen and oxygen atoms in total. The lowest BCUT2D eigenvalue weighted by Crippen LogP contribution is -2.18. The molecule has 0 bridgehead atoms. The zero-order chi connectivity index (χ0) is 11.4. The average molecular weight is 269 g/mol. The molecule has 1 N–H and O–H groups in total.